The third kappa shape index (κ3) is 4.82. The predicted octanol–water partition coefficient (Wildman–Crippen LogP) is 2.74. The molecule has 0 fully saturated rings. The van der Waals surface area contributed by atoms with Gasteiger partial charge in [0.2, 0.25) is 0 Å². The highest BCUT2D eigenvalue weighted by Gasteiger charge is 2.22. The number of hydrogen-bond acceptors (Lipinski definition) is 4. The van der Waals surface area contributed by atoms with Gasteiger partial charge in [0.05, 0.1) is 12.1 Å². The molecule has 0 spiro atoms. The highest BCUT2D eigenvalue weighted by atomic mass is 16.7. The molecule has 0 amide bonds. The van der Waals surface area contributed by atoms with Crippen LogP contribution < -0.4 is 10.1 Å². The Kier molecular flexibility index (Phi) is 6.84. The van der Waals surface area contributed by atoms with Crippen LogP contribution in [0.25, 0.3) is 0 Å². The number of benzene rings is 1. The van der Waals surface area contributed by atoms with E-state index in [1.165, 1.54) is 0 Å². The molecule has 0 saturated heterocycles. The van der Waals surface area contributed by atoms with Crippen molar-refractivity contribution in [1.82, 2.24) is 5.32 Å². The highest BCUT2D eigenvalue weighted by molar-refractivity contribution is 5.31. The summed E-state index contributed by atoms with van der Waals surface area (Å²) in [6.45, 7) is 6.93. The van der Waals surface area contributed by atoms with Gasteiger partial charge in [-0.2, -0.15) is 0 Å². The molecule has 1 atom stereocenters. The lowest BCUT2D eigenvalue weighted by Gasteiger charge is -2.26. The Balaban J connectivity index is 2.94. The first kappa shape index (κ1) is 16.0. The second-order valence-electron chi connectivity index (χ2n) is 4.61. The van der Waals surface area contributed by atoms with Crippen molar-refractivity contribution in [2.45, 2.75) is 39.2 Å². The molecule has 1 aromatic carbocycles. The molecule has 0 bridgehead atoms. The molecule has 19 heavy (non-hydrogen) atoms. The standard InChI is InChI=1S/C15H25NO3/c1-6-16-14(15(17-4)18-5)12-8-7-9-13(10-12)19-11(2)3/h7-11,14-16H,6H2,1-5H3. The zero-order valence-electron chi connectivity index (χ0n) is 12.5. The van der Waals surface area contributed by atoms with E-state index in [2.05, 4.69) is 12.2 Å². The molecule has 4 nitrogen and oxygen atoms in total. The number of ether oxygens (including phenoxy) is 3. The Labute approximate surface area is 116 Å². The van der Waals surface area contributed by atoms with Gasteiger partial charge in [-0.05, 0) is 38.1 Å². The molecule has 4 heteroatoms. The summed E-state index contributed by atoms with van der Waals surface area (Å²) in [6, 6.07) is 8.00. The lowest BCUT2D eigenvalue weighted by molar-refractivity contribution is -0.123. The molecule has 0 aliphatic rings. The lowest BCUT2D eigenvalue weighted by Crippen LogP contribution is -2.34. The quantitative estimate of drug-likeness (QED) is 0.735. The maximum atomic E-state index is 5.72. The minimum Gasteiger partial charge on any atom is -0.491 e. The van der Waals surface area contributed by atoms with E-state index in [1.807, 2.05) is 38.1 Å². The zero-order chi connectivity index (χ0) is 14.3. The van der Waals surface area contributed by atoms with E-state index in [4.69, 9.17) is 14.2 Å². The molecule has 0 aromatic heterocycles. The minimum absolute atomic E-state index is 0.0179. The summed E-state index contributed by atoms with van der Waals surface area (Å²) in [4.78, 5) is 0. The van der Waals surface area contributed by atoms with E-state index >= 15 is 0 Å². The zero-order valence-corrected chi connectivity index (χ0v) is 12.5. The molecule has 1 unspecified atom stereocenters. The van der Waals surface area contributed by atoms with Gasteiger partial charge in [0.1, 0.15) is 5.75 Å². The SMILES string of the molecule is CCNC(c1cccc(OC(C)C)c1)C(OC)OC. The Morgan fingerprint density at radius 1 is 1.16 bits per heavy atom. The second-order valence-corrected chi connectivity index (χ2v) is 4.61. The van der Waals surface area contributed by atoms with Crippen LogP contribution in [0.3, 0.4) is 0 Å². The van der Waals surface area contributed by atoms with Gasteiger partial charge in [0, 0.05) is 14.2 Å². The van der Waals surface area contributed by atoms with Crippen LogP contribution in [-0.4, -0.2) is 33.2 Å². The fourth-order valence-corrected chi connectivity index (χ4v) is 2.01. The maximum absolute atomic E-state index is 5.72. The smallest absolute Gasteiger partial charge is 0.176 e. The largest absolute Gasteiger partial charge is 0.491 e. The van der Waals surface area contributed by atoms with Crippen molar-refractivity contribution in [2.75, 3.05) is 20.8 Å². The van der Waals surface area contributed by atoms with E-state index in [0.717, 1.165) is 17.9 Å². The summed E-state index contributed by atoms with van der Waals surface area (Å²) >= 11 is 0. The van der Waals surface area contributed by atoms with Crippen LogP contribution in [0.15, 0.2) is 24.3 Å². The summed E-state index contributed by atoms with van der Waals surface area (Å²) in [5, 5.41) is 3.38. The summed E-state index contributed by atoms with van der Waals surface area (Å²) in [6.07, 6.45) is -0.164. The second kappa shape index (κ2) is 8.15. The number of rotatable bonds is 8. The number of methoxy groups -OCH3 is 2. The monoisotopic (exact) mass is 267 g/mol. The van der Waals surface area contributed by atoms with Crippen molar-refractivity contribution >= 4 is 0 Å². The maximum Gasteiger partial charge on any atom is 0.176 e. The first-order valence-corrected chi connectivity index (χ1v) is 6.68. The van der Waals surface area contributed by atoms with Crippen LogP contribution >= 0.6 is 0 Å². The Morgan fingerprint density at radius 3 is 2.37 bits per heavy atom. The molecule has 0 saturated carbocycles. The first-order chi connectivity index (χ1) is 9.12. The molecule has 108 valence electrons. The van der Waals surface area contributed by atoms with E-state index in [1.54, 1.807) is 14.2 Å². The van der Waals surface area contributed by atoms with Crippen molar-refractivity contribution in [3.8, 4) is 5.75 Å². The Bertz CT molecular complexity index is 364. The minimum atomic E-state index is -0.325. The van der Waals surface area contributed by atoms with Gasteiger partial charge in [0.15, 0.2) is 6.29 Å². The molecular formula is C15H25NO3. The predicted molar refractivity (Wildman–Crippen MR) is 76.4 cm³/mol. The van der Waals surface area contributed by atoms with E-state index in [9.17, 15) is 0 Å². The van der Waals surface area contributed by atoms with Gasteiger partial charge < -0.3 is 19.5 Å². The molecular weight excluding hydrogens is 242 g/mol. The van der Waals surface area contributed by atoms with Crippen molar-refractivity contribution in [3.05, 3.63) is 29.8 Å². The van der Waals surface area contributed by atoms with Crippen LogP contribution in [0, 0.1) is 0 Å². The van der Waals surface area contributed by atoms with Gasteiger partial charge in [-0.3, -0.25) is 0 Å². The normalized spacial score (nSPS) is 13.0. The first-order valence-electron chi connectivity index (χ1n) is 6.68. The van der Waals surface area contributed by atoms with E-state index in [0.29, 0.717) is 0 Å². The van der Waals surface area contributed by atoms with Crippen LogP contribution in [0.2, 0.25) is 0 Å². The van der Waals surface area contributed by atoms with Crippen molar-refractivity contribution in [3.63, 3.8) is 0 Å². The van der Waals surface area contributed by atoms with Crippen molar-refractivity contribution in [2.24, 2.45) is 0 Å². The molecule has 1 aromatic rings. The molecule has 0 radical (unpaired) electrons. The molecule has 1 rings (SSSR count). The third-order valence-electron chi connectivity index (χ3n) is 2.75. The molecule has 0 aliphatic carbocycles. The summed E-state index contributed by atoms with van der Waals surface area (Å²) in [5.74, 6) is 0.862. The average Bonchev–Trinajstić information content (AvgIpc) is 2.38. The van der Waals surface area contributed by atoms with Crippen molar-refractivity contribution < 1.29 is 14.2 Å². The summed E-state index contributed by atoms with van der Waals surface area (Å²) < 4.78 is 16.4. The average molecular weight is 267 g/mol. The van der Waals surface area contributed by atoms with E-state index in [-0.39, 0.29) is 18.4 Å². The highest BCUT2D eigenvalue weighted by Crippen LogP contribution is 2.24. The molecule has 0 aliphatic heterocycles. The van der Waals surface area contributed by atoms with Crippen LogP contribution in [-0.2, 0) is 9.47 Å². The topological polar surface area (TPSA) is 39.7 Å². The lowest BCUT2D eigenvalue weighted by atomic mass is 10.1. The Hall–Kier alpha value is -1.10. The van der Waals surface area contributed by atoms with Crippen molar-refractivity contribution in [1.29, 1.82) is 0 Å². The van der Waals surface area contributed by atoms with Crippen LogP contribution in [0.1, 0.15) is 32.4 Å². The molecule has 0 heterocycles. The van der Waals surface area contributed by atoms with Crippen LogP contribution in [0.5, 0.6) is 5.75 Å². The van der Waals surface area contributed by atoms with Gasteiger partial charge in [-0.15, -0.1) is 0 Å². The van der Waals surface area contributed by atoms with Gasteiger partial charge in [0.25, 0.3) is 0 Å². The van der Waals surface area contributed by atoms with E-state index < -0.39 is 0 Å². The number of likely N-dealkylation sites (N-methyl/N-ethyl adjacent to an activating group) is 1. The van der Waals surface area contributed by atoms with Gasteiger partial charge in [-0.25, -0.2) is 0 Å². The number of hydrogen-bond donors (Lipinski definition) is 1. The fraction of sp³-hybridized carbons (Fsp3) is 0.600. The van der Waals surface area contributed by atoms with Gasteiger partial charge >= 0.3 is 0 Å². The van der Waals surface area contributed by atoms with Gasteiger partial charge in [-0.1, -0.05) is 19.1 Å². The summed E-state index contributed by atoms with van der Waals surface area (Å²) in [7, 11) is 3.29. The number of nitrogens with one attached hydrogen (secondary N) is 1. The fourth-order valence-electron chi connectivity index (χ4n) is 2.01. The van der Waals surface area contributed by atoms with Crippen LogP contribution in [0.4, 0.5) is 0 Å². The Morgan fingerprint density at radius 2 is 1.84 bits per heavy atom. The summed E-state index contributed by atoms with van der Waals surface area (Å²) in [5.41, 5.74) is 1.09. The third-order valence-corrected chi connectivity index (χ3v) is 2.75. The molecule has 1 N–H and O–H groups in total.